The largest absolute Gasteiger partial charge is 0.294 e. The van der Waals surface area contributed by atoms with Crippen LogP contribution in [-0.4, -0.2) is 5.91 Å². The van der Waals surface area contributed by atoms with Crippen molar-refractivity contribution in [1.82, 2.24) is 5.43 Å². The van der Waals surface area contributed by atoms with Gasteiger partial charge in [0, 0.05) is 0 Å². The zero-order chi connectivity index (χ0) is 10.2. The molecule has 0 unspecified atom stereocenters. The molecule has 3 nitrogen and oxygen atoms in total. The van der Waals surface area contributed by atoms with Gasteiger partial charge in [0.2, 0.25) is 5.91 Å². The summed E-state index contributed by atoms with van der Waals surface area (Å²) in [6.07, 6.45) is 2.15. The van der Waals surface area contributed by atoms with Gasteiger partial charge in [-0.05, 0) is 25.2 Å². The maximum atomic E-state index is 11.3. The van der Waals surface area contributed by atoms with E-state index in [1.54, 1.807) is 0 Å². The Bertz CT molecular complexity index is 252. The van der Waals surface area contributed by atoms with Crippen LogP contribution in [0.1, 0.15) is 27.7 Å². The van der Waals surface area contributed by atoms with Crippen molar-refractivity contribution in [3.63, 3.8) is 0 Å². The van der Waals surface area contributed by atoms with Crippen LogP contribution in [0.5, 0.6) is 0 Å². The Hall–Kier alpha value is -0.830. The standard InChI is InChI=1S/C10H18N2O/c1-6(2)5-7-8(9(13)12-11)10(7,3)4/h5,7-8H,11H2,1-4H3,(H,12,13)/t7-,8-/m1/s1. The molecule has 0 aliphatic heterocycles. The monoisotopic (exact) mass is 182 g/mol. The Morgan fingerprint density at radius 1 is 1.46 bits per heavy atom. The van der Waals surface area contributed by atoms with Gasteiger partial charge in [0.05, 0.1) is 5.92 Å². The third-order valence-corrected chi connectivity index (χ3v) is 2.85. The first-order valence-electron chi connectivity index (χ1n) is 4.56. The minimum absolute atomic E-state index is 0.0485. The Balaban J connectivity index is 2.72. The first kappa shape index (κ1) is 10.3. The highest BCUT2D eigenvalue weighted by Gasteiger charge is 2.60. The summed E-state index contributed by atoms with van der Waals surface area (Å²) >= 11 is 0. The maximum absolute atomic E-state index is 11.3. The van der Waals surface area contributed by atoms with E-state index in [-0.39, 0.29) is 17.2 Å². The van der Waals surface area contributed by atoms with Crippen LogP contribution in [-0.2, 0) is 4.79 Å². The normalized spacial score (nSPS) is 29.3. The lowest BCUT2D eigenvalue weighted by atomic mass is 10.1. The summed E-state index contributed by atoms with van der Waals surface area (Å²) in [5, 5.41) is 0. The molecule has 0 bridgehead atoms. The van der Waals surface area contributed by atoms with Gasteiger partial charge >= 0.3 is 0 Å². The number of nitrogens with two attached hydrogens (primary N) is 1. The Morgan fingerprint density at radius 3 is 2.38 bits per heavy atom. The van der Waals surface area contributed by atoms with Crippen molar-refractivity contribution in [2.45, 2.75) is 27.7 Å². The molecular weight excluding hydrogens is 164 g/mol. The lowest BCUT2D eigenvalue weighted by Gasteiger charge is -1.99. The van der Waals surface area contributed by atoms with E-state index >= 15 is 0 Å². The third kappa shape index (κ3) is 1.75. The molecule has 0 heterocycles. The summed E-state index contributed by atoms with van der Waals surface area (Å²) < 4.78 is 0. The van der Waals surface area contributed by atoms with Crippen LogP contribution < -0.4 is 11.3 Å². The molecule has 74 valence electrons. The van der Waals surface area contributed by atoms with E-state index in [1.807, 2.05) is 13.8 Å². The molecule has 1 amide bonds. The molecule has 3 heteroatoms. The van der Waals surface area contributed by atoms with Crippen LogP contribution in [0, 0.1) is 17.3 Å². The van der Waals surface area contributed by atoms with Gasteiger partial charge in [-0.3, -0.25) is 10.2 Å². The predicted molar refractivity (Wildman–Crippen MR) is 52.5 cm³/mol. The van der Waals surface area contributed by atoms with Crippen molar-refractivity contribution in [3.05, 3.63) is 11.6 Å². The molecule has 0 saturated heterocycles. The smallest absolute Gasteiger partial charge is 0.238 e. The molecule has 0 aromatic heterocycles. The average Bonchev–Trinajstić information content (AvgIpc) is 2.51. The topological polar surface area (TPSA) is 55.1 Å². The molecule has 1 fully saturated rings. The highest BCUT2D eigenvalue weighted by molar-refractivity contribution is 5.83. The molecule has 0 spiro atoms. The van der Waals surface area contributed by atoms with Crippen molar-refractivity contribution in [2.75, 3.05) is 0 Å². The minimum atomic E-state index is -0.0486. The highest BCUT2D eigenvalue weighted by atomic mass is 16.2. The number of hydrazine groups is 1. The second kappa shape index (κ2) is 3.14. The molecule has 0 aromatic carbocycles. The van der Waals surface area contributed by atoms with Gasteiger partial charge in [-0.2, -0.15) is 0 Å². The first-order chi connectivity index (χ1) is 5.91. The molecule has 1 aliphatic carbocycles. The van der Waals surface area contributed by atoms with Crippen molar-refractivity contribution in [2.24, 2.45) is 23.1 Å². The molecule has 1 aliphatic rings. The van der Waals surface area contributed by atoms with E-state index in [1.165, 1.54) is 5.57 Å². The SMILES string of the molecule is CC(C)=C[C@@H]1[C@H](C(=O)NN)C1(C)C. The number of carbonyl (C=O) groups excluding carboxylic acids is 1. The van der Waals surface area contributed by atoms with Crippen LogP contribution in [0.2, 0.25) is 0 Å². The summed E-state index contributed by atoms with van der Waals surface area (Å²) in [6.45, 7) is 8.28. The summed E-state index contributed by atoms with van der Waals surface area (Å²) in [5.41, 5.74) is 3.54. The van der Waals surface area contributed by atoms with E-state index in [4.69, 9.17) is 5.84 Å². The van der Waals surface area contributed by atoms with Gasteiger partial charge in [0.25, 0.3) is 0 Å². The fourth-order valence-electron chi connectivity index (χ4n) is 1.94. The number of carbonyl (C=O) groups is 1. The number of rotatable bonds is 2. The van der Waals surface area contributed by atoms with Gasteiger partial charge in [0.15, 0.2) is 0 Å². The summed E-state index contributed by atoms with van der Waals surface area (Å²) in [4.78, 5) is 11.3. The third-order valence-electron chi connectivity index (χ3n) is 2.85. The Kier molecular flexibility index (Phi) is 2.48. The Labute approximate surface area is 79.3 Å². The van der Waals surface area contributed by atoms with Crippen LogP contribution >= 0.6 is 0 Å². The fourth-order valence-corrected chi connectivity index (χ4v) is 1.94. The molecule has 3 N–H and O–H groups in total. The first-order valence-corrected chi connectivity index (χ1v) is 4.56. The zero-order valence-electron chi connectivity index (χ0n) is 8.72. The van der Waals surface area contributed by atoms with Crippen molar-refractivity contribution in [3.8, 4) is 0 Å². The van der Waals surface area contributed by atoms with Crippen molar-refractivity contribution in [1.29, 1.82) is 0 Å². The Morgan fingerprint density at radius 2 is 2.00 bits per heavy atom. The molecule has 13 heavy (non-hydrogen) atoms. The van der Waals surface area contributed by atoms with Crippen LogP contribution in [0.3, 0.4) is 0 Å². The second-order valence-electron chi connectivity index (χ2n) is 4.58. The molecular formula is C10H18N2O. The number of allylic oxidation sites excluding steroid dienone is 2. The van der Waals surface area contributed by atoms with Gasteiger partial charge in [-0.25, -0.2) is 5.84 Å². The summed E-state index contributed by atoms with van der Waals surface area (Å²) in [6, 6.07) is 0. The minimum Gasteiger partial charge on any atom is -0.294 e. The predicted octanol–water partition coefficient (Wildman–Crippen LogP) is 1.21. The summed E-state index contributed by atoms with van der Waals surface area (Å²) in [7, 11) is 0. The van der Waals surface area contributed by atoms with Gasteiger partial charge in [0.1, 0.15) is 0 Å². The fraction of sp³-hybridized carbons (Fsp3) is 0.700. The second-order valence-corrected chi connectivity index (χ2v) is 4.58. The number of amides is 1. The maximum Gasteiger partial charge on any atom is 0.238 e. The van der Waals surface area contributed by atoms with Gasteiger partial charge in [-0.15, -0.1) is 0 Å². The van der Waals surface area contributed by atoms with Crippen LogP contribution in [0.4, 0.5) is 0 Å². The lowest BCUT2D eigenvalue weighted by Crippen LogP contribution is -2.32. The summed E-state index contributed by atoms with van der Waals surface area (Å²) in [5.74, 6) is 5.45. The molecule has 2 atom stereocenters. The van der Waals surface area contributed by atoms with E-state index in [0.717, 1.165) is 0 Å². The van der Waals surface area contributed by atoms with Crippen molar-refractivity contribution < 1.29 is 4.79 Å². The van der Waals surface area contributed by atoms with Crippen molar-refractivity contribution >= 4 is 5.91 Å². The molecule has 0 radical (unpaired) electrons. The molecule has 0 aromatic rings. The van der Waals surface area contributed by atoms with E-state index in [2.05, 4.69) is 25.3 Å². The highest BCUT2D eigenvalue weighted by Crippen LogP contribution is 2.59. The van der Waals surface area contributed by atoms with Gasteiger partial charge < -0.3 is 0 Å². The molecule has 1 rings (SSSR count). The lowest BCUT2D eigenvalue weighted by molar-refractivity contribution is -0.123. The van der Waals surface area contributed by atoms with Crippen LogP contribution in [0.15, 0.2) is 11.6 Å². The quantitative estimate of drug-likeness (QED) is 0.292. The molecule has 1 saturated carbocycles. The van der Waals surface area contributed by atoms with E-state index in [9.17, 15) is 4.79 Å². The van der Waals surface area contributed by atoms with Crippen LogP contribution in [0.25, 0.3) is 0 Å². The number of nitrogens with one attached hydrogen (secondary N) is 1. The average molecular weight is 182 g/mol. The number of hydrogen-bond acceptors (Lipinski definition) is 2. The van der Waals surface area contributed by atoms with E-state index in [0.29, 0.717) is 5.92 Å². The number of hydrogen-bond donors (Lipinski definition) is 2. The van der Waals surface area contributed by atoms with E-state index < -0.39 is 0 Å². The zero-order valence-corrected chi connectivity index (χ0v) is 8.72. The van der Waals surface area contributed by atoms with Gasteiger partial charge in [-0.1, -0.05) is 25.5 Å².